The van der Waals surface area contributed by atoms with E-state index in [1.54, 1.807) is 0 Å². The lowest BCUT2D eigenvalue weighted by atomic mass is 10.0. The molecule has 0 aromatic carbocycles. The van der Waals surface area contributed by atoms with Gasteiger partial charge in [0.15, 0.2) is 6.10 Å². The first-order valence-corrected chi connectivity index (χ1v) is 25.8. The van der Waals surface area contributed by atoms with Gasteiger partial charge in [-0.15, -0.1) is 0 Å². The Labute approximate surface area is 366 Å². The molecule has 0 aliphatic carbocycles. The second-order valence-electron chi connectivity index (χ2n) is 17.4. The Kier molecular flexibility index (Phi) is 46.8. The normalized spacial score (nSPS) is 12.1. The van der Waals surface area contributed by atoms with Gasteiger partial charge in [0.25, 0.3) is 0 Å². The molecule has 0 aliphatic heterocycles. The number of allylic oxidation sites excluding steroid dienone is 4. The van der Waals surface area contributed by atoms with Crippen molar-refractivity contribution in [3.8, 4) is 0 Å². The van der Waals surface area contributed by atoms with Crippen LogP contribution in [0.2, 0.25) is 0 Å². The van der Waals surface area contributed by atoms with Gasteiger partial charge in [-0.05, 0) is 51.4 Å². The smallest absolute Gasteiger partial charge is 0.306 e. The standard InChI is InChI=1S/C53H98O6/c1-4-7-10-13-16-19-22-24-25-26-27-28-30-31-34-37-40-43-46-52(55)58-49-50(48-57-51(54)45-42-39-36-33-21-18-15-12-9-6-3)59-53(56)47-44-41-38-35-32-29-23-20-17-14-11-8-5-2/h19,22,25-26,50H,4-18,20-21,23-24,27-49H2,1-3H3/b22-19-,26-25-. The number of hydrogen-bond acceptors (Lipinski definition) is 6. The number of rotatable bonds is 47. The van der Waals surface area contributed by atoms with Gasteiger partial charge in [0, 0.05) is 19.3 Å². The fraction of sp³-hybridized carbons (Fsp3) is 0.868. The van der Waals surface area contributed by atoms with Gasteiger partial charge in [-0.1, -0.05) is 231 Å². The lowest BCUT2D eigenvalue weighted by molar-refractivity contribution is -0.167. The van der Waals surface area contributed by atoms with Gasteiger partial charge >= 0.3 is 17.9 Å². The largest absolute Gasteiger partial charge is 0.462 e. The molecule has 0 aromatic rings. The van der Waals surface area contributed by atoms with Crippen molar-refractivity contribution in [1.82, 2.24) is 0 Å². The summed E-state index contributed by atoms with van der Waals surface area (Å²) in [5, 5.41) is 0. The first kappa shape index (κ1) is 56.9. The van der Waals surface area contributed by atoms with Gasteiger partial charge < -0.3 is 14.2 Å². The van der Waals surface area contributed by atoms with Crippen LogP contribution >= 0.6 is 0 Å². The van der Waals surface area contributed by atoms with Gasteiger partial charge in [-0.3, -0.25) is 14.4 Å². The molecule has 0 spiro atoms. The Morgan fingerprint density at radius 3 is 0.949 bits per heavy atom. The minimum atomic E-state index is -0.767. The SMILES string of the molecule is CCCCCC/C=C\C/C=C\CCCCCCCCCC(=O)OCC(COC(=O)CCCCCCCCCCCC)OC(=O)CCCCCCCCCCCCCCC. The second-order valence-corrected chi connectivity index (χ2v) is 17.4. The summed E-state index contributed by atoms with van der Waals surface area (Å²) >= 11 is 0. The molecule has 6 nitrogen and oxygen atoms in total. The summed E-state index contributed by atoms with van der Waals surface area (Å²) in [6, 6.07) is 0. The Morgan fingerprint density at radius 1 is 0.339 bits per heavy atom. The summed E-state index contributed by atoms with van der Waals surface area (Å²) in [5.74, 6) is -0.866. The first-order chi connectivity index (χ1) is 29.0. The number of esters is 3. The van der Waals surface area contributed by atoms with Crippen LogP contribution in [0.25, 0.3) is 0 Å². The Morgan fingerprint density at radius 2 is 0.610 bits per heavy atom. The predicted molar refractivity (Wildman–Crippen MR) is 252 cm³/mol. The molecule has 0 amide bonds. The molecular formula is C53H98O6. The van der Waals surface area contributed by atoms with Crippen molar-refractivity contribution in [3.63, 3.8) is 0 Å². The highest BCUT2D eigenvalue weighted by atomic mass is 16.6. The summed E-state index contributed by atoms with van der Waals surface area (Å²) < 4.78 is 16.8. The van der Waals surface area contributed by atoms with E-state index in [1.165, 1.54) is 167 Å². The molecule has 1 unspecified atom stereocenters. The quantitative estimate of drug-likeness (QED) is 0.0263. The van der Waals surface area contributed by atoms with Gasteiger partial charge in [-0.25, -0.2) is 0 Å². The average Bonchev–Trinajstić information content (AvgIpc) is 3.23. The average molecular weight is 831 g/mol. The summed E-state index contributed by atoms with van der Waals surface area (Å²) in [6.45, 7) is 6.63. The maximum Gasteiger partial charge on any atom is 0.306 e. The molecule has 0 saturated heterocycles. The molecule has 1 atom stereocenters. The fourth-order valence-electron chi connectivity index (χ4n) is 7.53. The van der Waals surface area contributed by atoms with Crippen molar-refractivity contribution in [1.29, 1.82) is 0 Å². The molecule has 0 fully saturated rings. The van der Waals surface area contributed by atoms with Crippen molar-refractivity contribution in [2.24, 2.45) is 0 Å². The van der Waals surface area contributed by atoms with Crippen LogP contribution in [0, 0.1) is 0 Å². The van der Waals surface area contributed by atoms with E-state index < -0.39 is 6.10 Å². The third-order valence-corrected chi connectivity index (χ3v) is 11.5. The van der Waals surface area contributed by atoms with Gasteiger partial charge in [0.2, 0.25) is 0 Å². The molecule has 346 valence electrons. The number of unbranched alkanes of at least 4 members (excludes halogenated alkanes) is 32. The highest BCUT2D eigenvalue weighted by Crippen LogP contribution is 2.16. The van der Waals surface area contributed by atoms with E-state index in [-0.39, 0.29) is 31.1 Å². The number of ether oxygens (including phenoxy) is 3. The third kappa shape index (κ3) is 46.8. The maximum absolute atomic E-state index is 12.8. The summed E-state index contributed by atoms with van der Waals surface area (Å²) in [6.07, 6.45) is 54.4. The first-order valence-electron chi connectivity index (χ1n) is 25.8. The van der Waals surface area contributed by atoms with Crippen LogP contribution in [0.3, 0.4) is 0 Å². The number of carbonyl (C=O) groups excluding carboxylic acids is 3. The molecule has 59 heavy (non-hydrogen) atoms. The molecule has 0 aliphatic rings. The van der Waals surface area contributed by atoms with E-state index in [4.69, 9.17) is 14.2 Å². The van der Waals surface area contributed by atoms with Crippen LogP contribution in [0.15, 0.2) is 24.3 Å². The molecule has 0 radical (unpaired) electrons. The van der Waals surface area contributed by atoms with Gasteiger partial charge in [0.1, 0.15) is 13.2 Å². The van der Waals surface area contributed by atoms with Crippen LogP contribution in [0.5, 0.6) is 0 Å². The highest BCUT2D eigenvalue weighted by Gasteiger charge is 2.19. The van der Waals surface area contributed by atoms with Gasteiger partial charge in [-0.2, -0.15) is 0 Å². The zero-order chi connectivity index (χ0) is 43.0. The molecule has 0 saturated carbocycles. The van der Waals surface area contributed by atoms with E-state index in [2.05, 4.69) is 45.1 Å². The molecule has 0 rings (SSSR count). The topological polar surface area (TPSA) is 78.9 Å². The number of carbonyl (C=O) groups is 3. The third-order valence-electron chi connectivity index (χ3n) is 11.5. The monoisotopic (exact) mass is 831 g/mol. The van der Waals surface area contributed by atoms with Crippen molar-refractivity contribution >= 4 is 17.9 Å². The van der Waals surface area contributed by atoms with Crippen molar-refractivity contribution in [2.75, 3.05) is 13.2 Å². The maximum atomic E-state index is 12.8. The summed E-state index contributed by atoms with van der Waals surface area (Å²) in [4.78, 5) is 37.9. The minimum Gasteiger partial charge on any atom is -0.462 e. The highest BCUT2D eigenvalue weighted by molar-refractivity contribution is 5.71. The molecule has 0 bridgehead atoms. The van der Waals surface area contributed by atoms with Crippen LogP contribution in [-0.4, -0.2) is 37.2 Å². The Bertz CT molecular complexity index is 958. The fourth-order valence-corrected chi connectivity index (χ4v) is 7.53. The van der Waals surface area contributed by atoms with E-state index in [0.717, 1.165) is 70.6 Å². The van der Waals surface area contributed by atoms with Crippen LogP contribution < -0.4 is 0 Å². The molecular weight excluding hydrogens is 733 g/mol. The molecule has 0 N–H and O–H groups in total. The zero-order valence-electron chi connectivity index (χ0n) is 39.5. The van der Waals surface area contributed by atoms with E-state index in [0.29, 0.717) is 19.3 Å². The Hall–Kier alpha value is -2.11. The van der Waals surface area contributed by atoms with E-state index in [9.17, 15) is 14.4 Å². The van der Waals surface area contributed by atoms with Crippen molar-refractivity contribution in [2.45, 2.75) is 284 Å². The lowest BCUT2D eigenvalue weighted by Gasteiger charge is -2.18. The van der Waals surface area contributed by atoms with Crippen LogP contribution in [0.4, 0.5) is 0 Å². The zero-order valence-corrected chi connectivity index (χ0v) is 39.5. The molecule has 6 heteroatoms. The minimum absolute atomic E-state index is 0.0692. The lowest BCUT2D eigenvalue weighted by Crippen LogP contribution is -2.30. The Balaban J connectivity index is 4.30. The van der Waals surface area contributed by atoms with Crippen molar-refractivity contribution in [3.05, 3.63) is 24.3 Å². The van der Waals surface area contributed by atoms with Crippen molar-refractivity contribution < 1.29 is 28.6 Å². The molecule has 0 heterocycles. The summed E-state index contributed by atoms with van der Waals surface area (Å²) in [7, 11) is 0. The van der Waals surface area contributed by atoms with Crippen LogP contribution in [0.1, 0.15) is 278 Å². The predicted octanol–water partition coefficient (Wildman–Crippen LogP) is 16.8. The van der Waals surface area contributed by atoms with Crippen LogP contribution in [-0.2, 0) is 28.6 Å². The number of hydrogen-bond donors (Lipinski definition) is 0. The summed E-state index contributed by atoms with van der Waals surface area (Å²) in [5.41, 5.74) is 0. The molecule has 0 aromatic heterocycles. The second kappa shape index (κ2) is 48.6. The van der Waals surface area contributed by atoms with E-state index >= 15 is 0 Å². The van der Waals surface area contributed by atoms with Gasteiger partial charge in [0.05, 0.1) is 0 Å². The van der Waals surface area contributed by atoms with E-state index in [1.807, 2.05) is 0 Å².